The lowest BCUT2D eigenvalue weighted by molar-refractivity contribution is 0.0191. The zero-order chi connectivity index (χ0) is 20.1. The Morgan fingerprint density at radius 3 is 2.72 bits per heavy atom. The van der Waals surface area contributed by atoms with E-state index in [2.05, 4.69) is 17.2 Å². The third-order valence-corrected chi connectivity index (χ3v) is 6.91. The lowest BCUT2D eigenvalue weighted by Gasteiger charge is -2.33. The van der Waals surface area contributed by atoms with Gasteiger partial charge in [0.25, 0.3) is 5.91 Å². The van der Waals surface area contributed by atoms with Crippen LogP contribution in [0.25, 0.3) is 0 Å². The number of benzene rings is 1. The number of fused-ring (bicyclic) bond motifs is 1. The van der Waals surface area contributed by atoms with Crippen molar-refractivity contribution in [1.82, 2.24) is 9.88 Å². The van der Waals surface area contributed by atoms with Gasteiger partial charge in [0, 0.05) is 38.9 Å². The number of aromatic nitrogens is 1. The van der Waals surface area contributed by atoms with Crippen molar-refractivity contribution < 1.29 is 13.9 Å². The second kappa shape index (κ2) is 6.80. The van der Waals surface area contributed by atoms with Crippen LogP contribution in [0.4, 0.5) is 10.2 Å². The molecule has 0 saturated carbocycles. The topological polar surface area (TPSA) is 54.5 Å². The minimum Gasteiger partial charge on any atom is -0.381 e. The van der Waals surface area contributed by atoms with E-state index in [9.17, 15) is 9.18 Å². The first kappa shape index (κ1) is 18.6. The molecule has 0 bridgehead atoms. The maximum absolute atomic E-state index is 13.3. The first-order valence-corrected chi connectivity index (χ1v) is 10.4. The summed E-state index contributed by atoms with van der Waals surface area (Å²) in [6.07, 6.45) is 5.53. The predicted octanol–water partition coefficient (Wildman–Crippen LogP) is 3.75. The number of nitrogens with zero attached hydrogens (tertiary/aromatic N) is 2. The normalized spacial score (nSPS) is 25.1. The van der Waals surface area contributed by atoms with E-state index in [1.54, 1.807) is 18.3 Å². The number of ether oxygens (including phenoxy) is 1. The minimum absolute atomic E-state index is 0.0686. The van der Waals surface area contributed by atoms with Gasteiger partial charge in [0.2, 0.25) is 0 Å². The third kappa shape index (κ3) is 3.29. The van der Waals surface area contributed by atoms with Crippen molar-refractivity contribution >= 4 is 11.7 Å². The van der Waals surface area contributed by atoms with E-state index in [-0.39, 0.29) is 22.7 Å². The van der Waals surface area contributed by atoms with E-state index in [1.165, 1.54) is 12.1 Å². The van der Waals surface area contributed by atoms with Crippen LogP contribution >= 0.6 is 0 Å². The molecule has 0 aliphatic carbocycles. The number of likely N-dealkylation sites (tertiary alicyclic amines) is 1. The highest BCUT2D eigenvalue weighted by Crippen LogP contribution is 2.41. The summed E-state index contributed by atoms with van der Waals surface area (Å²) >= 11 is 0. The fourth-order valence-electron chi connectivity index (χ4n) is 5.06. The van der Waals surface area contributed by atoms with Gasteiger partial charge in [-0.3, -0.25) is 4.79 Å². The molecule has 1 aromatic heterocycles. The number of pyridine rings is 1. The second-order valence-electron chi connectivity index (χ2n) is 8.96. The maximum Gasteiger partial charge on any atom is 0.255 e. The zero-order valence-electron chi connectivity index (χ0n) is 16.7. The summed E-state index contributed by atoms with van der Waals surface area (Å²) in [6, 6.07) is 8.54. The van der Waals surface area contributed by atoms with E-state index in [0.29, 0.717) is 12.0 Å². The molecule has 1 N–H and O–H groups in total. The highest BCUT2D eigenvalue weighted by Gasteiger charge is 2.41. The Kier molecular flexibility index (Phi) is 4.35. The summed E-state index contributed by atoms with van der Waals surface area (Å²) in [5.41, 5.74) is 2.57. The molecule has 0 radical (unpaired) electrons. The molecule has 29 heavy (non-hydrogen) atoms. The van der Waals surface area contributed by atoms with Crippen molar-refractivity contribution in [2.24, 2.45) is 5.41 Å². The maximum atomic E-state index is 13.3. The van der Waals surface area contributed by atoms with E-state index >= 15 is 0 Å². The Labute approximate surface area is 170 Å². The Bertz CT molecular complexity index is 940. The Morgan fingerprint density at radius 1 is 1.21 bits per heavy atom. The lowest BCUT2D eigenvalue weighted by Crippen LogP contribution is -2.35. The molecule has 5 nitrogen and oxygen atoms in total. The van der Waals surface area contributed by atoms with Crippen LogP contribution in [0, 0.1) is 11.2 Å². The Balaban J connectivity index is 1.33. The fourth-order valence-corrected chi connectivity index (χ4v) is 5.06. The van der Waals surface area contributed by atoms with Crippen LogP contribution in [0.3, 0.4) is 0 Å². The summed E-state index contributed by atoms with van der Waals surface area (Å²) < 4.78 is 18.8. The highest BCUT2D eigenvalue weighted by atomic mass is 19.1. The number of anilines is 1. The van der Waals surface area contributed by atoms with E-state index in [4.69, 9.17) is 4.74 Å². The van der Waals surface area contributed by atoms with Gasteiger partial charge in [-0.25, -0.2) is 9.37 Å². The van der Waals surface area contributed by atoms with Crippen LogP contribution < -0.4 is 5.32 Å². The van der Waals surface area contributed by atoms with Gasteiger partial charge < -0.3 is 15.0 Å². The number of rotatable bonds is 2. The highest BCUT2D eigenvalue weighted by molar-refractivity contribution is 5.94. The summed E-state index contributed by atoms with van der Waals surface area (Å²) in [7, 11) is 0. The molecule has 3 aliphatic rings. The van der Waals surface area contributed by atoms with Gasteiger partial charge in [0.05, 0.1) is 11.1 Å². The van der Waals surface area contributed by atoms with Gasteiger partial charge >= 0.3 is 0 Å². The number of carbonyl (C=O) groups is 1. The Hall–Kier alpha value is -2.47. The number of nitrogens with one attached hydrogen (secondary N) is 1. The van der Waals surface area contributed by atoms with Gasteiger partial charge in [0.1, 0.15) is 11.6 Å². The fraction of sp³-hybridized carbons (Fsp3) is 0.478. The second-order valence-corrected chi connectivity index (χ2v) is 8.96. The molecule has 3 aliphatic heterocycles. The molecular weight excluding hydrogens is 369 g/mol. The summed E-state index contributed by atoms with van der Waals surface area (Å²) in [4.78, 5) is 19.7. The standard InChI is InChI=1S/C23H26FN3O2/c1-22(18-2-4-19(24)5-3-18)13-16-12-17(14-25-20(16)26-22)21(28)27-9-6-23(15-27)7-10-29-11-8-23/h2-5,12,14H,6-11,13,15H2,1H3,(H,25,26)/t22-/m1/s1. The monoisotopic (exact) mass is 395 g/mol. The van der Waals surface area contributed by atoms with Crippen LogP contribution in [0.5, 0.6) is 0 Å². The number of hydrogen-bond donors (Lipinski definition) is 1. The molecule has 6 heteroatoms. The molecule has 0 unspecified atom stereocenters. The van der Waals surface area contributed by atoms with Crippen LogP contribution in [-0.2, 0) is 16.7 Å². The molecule has 1 amide bonds. The van der Waals surface area contributed by atoms with Crippen molar-refractivity contribution in [3.8, 4) is 0 Å². The van der Waals surface area contributed by atoms with Crippen molar-refractivity contribution in [1.29, 1.82) is 0 Å². The molecule has 2 fully saturated rings. The summed E-state index contributed by atoms with van der Waals surface area (Å²) in [5, 5.41) is 3.46. The first-order valence-electron chi connectivity index (χ1n) is 10.4. The van der Waals surface area contributed by atoms with Crippen molar-refractivity contribution in [2.75, 3.05) is 31.6 Å². The Morgan fingerprint density at radius 2 is 1.97 bits per heavy atom. The van der Waals surface area contributed by atoms with Crippen LogP contribution in [0.1, 0.15) is 47.7 Å². The summed E-state index contributed by atoms with van der Waals surface area (Å²) in [6.45, 7) is 5.31. The van der Waals surface area contributed by atoms with Crippen LogP contribution in [0.2, 0.25) is 0 Å². The molecule has 2 saturated heterocycles. The molecule has 1 aromatic carbocycles. The van der Waals surface area contributed by atoms with E-state index in [1.807, 2.05) is 11.0 Å². The molecule has 1 atom stereocenters. The number of carbonyl (C=O) groups excluding carboxylic acids is 1. The van der Waals surface area contributed by atoms with Crippen LogP contribution in [0.15, 0.2) is 36.5 Å². The van der Waals surface area contributed by atoms with Crippen molar-refractivity contribution in [3.05, 3.63) is 59.0 Å². The molecule has 1 spiro atoms. The number of hydrogen-bond acceptors (Lipinski definition) is 4. The largest absolute Gasteiger partial charge is 0.381 e. The molecule has 2 aromatic rings. The van der Waals surface area contributed by atoms with Crippen LogP contribution in [-0.4, -0.2) is 42.1 Å². The van der Waals surface area contributed by atoms with E-state index < -0.39 is 0 Å². The smallest absolute Gasteiger partial charge is 0.255 e. The van der Waals surface area contributed by atoms with Gasteiger partial charge in [-0.05, 0) is 60.9 Å². The first-order chi connectivity index (χ1) is 14.0. The third-order valence-electron chi connectivity index (χ3n) is 6.91. The minimum atomic E-state index is -0.357. The lowest BCUT2D eigenvalue weighted by atomic mass is 9.80. The van der Waals surface area contributed by atoms with Gasteiger partial charge in [-0.15, -0.1) is 0 Å². The van der Waals surface area contributed by atoms with Crippen molar-refractivity contribution in [3.63, 3.8) is 0 Å². The predicted molar refractivity (Wildman–Crippen MR) is 108 cm³/mol. The van der Waals surface area contributed by atoms with Crippen molar-refractivity contribution in [2.45, 2.75) is 38.1 Å². The van der Waals surface area contributed by atoms with Gasteiger partial charge in [0.15, 0.2) is 0 Å². The SMILES string of the molecule is C[C@]1(c2ccc(F)cc2)Cc2cc(C(=O)N3CCC4(CCOCC4)C3)cnc2N1. The molecule has 5 rings (SSSR count). The zero-order valence-corrected chi connectivity index (χ0v) is 16.7. The van der Waals surface area contributed by atoms with Gasteiger partial charge in [-0.1, -0.05) is 12.1 Å². The quantitative estimate of drug-likeness (QED) is 0.842. The molecule has 4 heterocycles. The average molecular weight is 395 g/mol. The number of amides is 1. The van der Waals surface area contributed by atoms with Gasteiger partial charge in [-0.2, -0.15) is 0 Å². The molecular formula is C23H26FN3O2. The average Bonchev–Trinajstić information content (AvgIpc) is 3.29. The molecule has 152 valence electrons. The number of halogens is 1. The summed E-state index contributed by atoms with van der Waals surface area (Å²) in [5.74, 6) is 0.626. The van der Waals surface area contributed by atoms with E-state index in [0.717, 1.165) is 62.5 Å².